The predicted molar refractivity (Wildman–Crippen MR) is 82.7 cm³/mol. The lowest BCUT2D eigenvalue weighted by Gasteiger charge is -2.35. The predicted octanol–water partition coefficient (Wildman–Crippen LogP) is 1.83. The van der Waals surface area contributed by atoms with Crippen LogP contribution in [0, 0.1) is 5.92 Å². The van der Waals surface area contributed by atoms with Crippen molar-refractivity contribution < 1.29 is 13.2 Å². The fraction of sp³-hybridized carbons (Fsp3) is 0.600. The van der Waals surface area contributed by atoms with E-state index in [1.807, 2.05) is 6.92 Å². The van der Waals surface area contributed by atoms with Gasteiger partial charge in [0.15, 0.2) is 0 Å². The molecule has 0 radical (unpaired) electrons. The van der Waals surface area contributed by atoms with Crippen molar-refractivity contribution in [2.75, 3.05) is 19.7 Å². The highest BCUT2D eigenvalue weighted by atomic mass is 32.2. The molecule has 0 spiro atoms. The number of ether oxygens (including phenoxy) is 1. The molecule has 1 aliphatic rings. The molecule has 2 atom stereocenters. The van der Waals surface area contributed by atoms with Crippen LogP contribution in [0.2, 0.25) is 0 Å². The number of sulfonamides is 1. The molecule has 1 aliphatic heterocycles. The summed E-state index contributed by atoms with van der Waals surface area (Å²) >= 11 is 0. The lowest BCUT2D eigenvalue weighted by molar-refractivity contribution is 0.220. The maximum Gasteiger partial charge on any atom is 0.243 e. The average Bonchev–Trinajstić information content (AvgIpc) is 2.45. The minimum absolute atomic E-state index is 0.0481. The van der Waals surface area contributed by atoms with E-state index in [0.29, 0.717) is 36.3 Å². The molecule has 2 rings (SSSR count). The van der Waals surface area contributed by atoms with Crippen molar-refractivity contribution in [2.45, 2.75) is 37.6 Å². The van der Waals surface area contributed by atoms with E-state index < -0.39 is 10.0 Å². The smallest absolute Gasteiger partial charge is 0.243 e. The SMILES string of the molecule is CC1CCN(S(=O)(=O)c2ccc(OCCN)cc2)C(C)C1. The monoisotopic (exact) mass is 312 g/mol. The maximum absolute atomic E-state index is 12.7. The molecule has 1 aromatic rings. The third-order valence-corrected chi connectivity index (χ3v) is 5.92. The van der Waals surface area contributed by atoms with Crippen molar-refractivity contribution in [1.29, 1.82) is 0 Å². The Balaban J connectivity index is 2.15. The summed E-state index contributed by atoms with van der Waals surface area (Å²) in [6.07, 6.45) is 1.83. The molecule has 0 saturated carbocycles. The van der Waals surface area contributed by atoms with Gasteiger partial charge in [0.2, 0.25) is 10.0 Å². The highest BCUT2D eigenvalue weighted by Gasteiger charge is 2.33. The van der Waals surface area contributed by atoms with E-state index in [1.165, 1.54) is 0 Å². The number of hydrogen-bond acceptors (Lipinski definition) is 4. The largest absolute Gasteiger partial charge is 0.492 e. The highest BCUT2D eigenvalue weighted by Crippen LogP contribution is 2.28. The minimum atomic E-state index is -3.42. The molecule has 0 aromatic heterocycles. The standard InChI is InChI=1S/C15H24N2O3S/c1-12-7-9-17(13(2)11-12)21(18,19)15-5-3-14(4-6-15)20-10-8-16/h3-6,12-13H,7-11,16H2,1-2H3. The van der Waals surface area contributed by atoms with Gasteiger partial charge in [0.05, 0.1) is 4.90 Å². The zero-order chi connectivity index (χ0) is 15.5. The van der Waals surface area contributed by atoms with Gasteiger partial charge in [-0.25, -0.2) is 8.42 Å². The molecule has 5 nitrogen and oxygen atoms in total. The summed E-state index contributed by atoms with van der Waals surface area (Å²) in [6, 6.07) is 6.61. The Morgan fingerprint density at radius 3 is 2.52 bits per heavy atom. The highest BCUT2D eigenvalue weighted by molar-refractivity contribution is 7.89. The molecule has 1 heterocycles. The second-order valence-corrected chi connectivity index (χ2v) is 7.59. The third kappa shape index (κ3) is 3.75. The summed E-state index contributed by atoms with van der Waals surface area (Å²) in [5, 5.41) is 0. The molecule has 2 N–H and O–H groups in total. The van der Waals surface area contributed by atoms with Crippen LogP contribution in [0.15, 0.2) is 29.2 Å². The number of rotatable bonds is 5. The molecule has 2 unspecified atom stereocenters. The summed E-state index contributed by atoms with van der Waals surface area (Å²) in [6.45, 7) is 5.60. The van der Waals surface area contributed by atoms with Crippen LogP contribution >= 0.6 is 0 Å². The lowest BCUT2D eigenvalue weighted by atomic mass is 9.95. The molecule has 6 heteroatoms. The third-order valence-electron chi connectivity index (χ3n) is 3.89. The number of nitrogens with two attached hydrogens (primary N) is 1. The molecular formula is C15H24N2O3S. The maximum atomic E-state index is 12.7. The van der Waals surface area contributed by atoms with E-state index in [0.717, 1.165) is 12.8 Å². The summed E-state index contributed by atoms with van der Waals surface area (Å²) < 4.78 is 32.4. The fourth-order valence-corrected chi connectivity index (χ4v) is 4.42. The van der Waals surface area contributed by atoms with Crippen molar-refractivity contribution >= 4 is 10.0 Å². The Labute approximate surface area is 127 Å². The zero-order valence-corrected chi connectivity index (χ0v) is 13.5. The molecule has 0 bridgehead atoms. The average molecular weight is 312 g/mol. The molecule has 0 amide bonds. The van der Waals surface area contributed by atoms with Crippen LogP contribution in [0.25, 0.3) is 0 Å². The van der Waals surface area contributed by atoms with Gasteiger partial charge in [-0.3, -0.25) is 0 Å². The van der Waals surface area contributed by atoms with E-state index in [-0.39, 0.29) is 6.04 Å². The van der Waals surface area contributed by atoms with Gasteiger partial charge in [0, 0.05) is 19.1 Å². The van der Waals surface area contributed by atoms with Crippen molar-refractivity contribution in [1.82, 2.24) is 4.31 Å². The Hall–Kier alpha value is -1.11. The van der Waals surface area contributed by atoms with Crippen LogP contribution in [-0.2, 0) is 10.0 Å². The first-order valence-electron chi connectivity index (χ1n) is 7.40. The van der Waals surface area contributed by atoms with E-state index in [2.05, 4.69) is 6.92 Å². The van der Waals surface area contributed by atoms with Gasteiger partial charge in [-0.2, -0.15) is 4.31 Å². The van der Waals surface area contributed by atoms with Crippen molar-refractivity contribution in [3.63, 3.8) is 0 Å². The second kappa shape index (κ2) is 6.77. The van der Waals surface area contributed by atoms with Gasteiger partial charge < -0.3 is 10.5 Å². The van der Waals surface area contributed by atoms with E-state index >= 15 is 0 Å². The topological polar surface area (TPSA) is 72.6 Å². The molecule has 1 aromatic carbocycles. The van der Waals surface area contributed by atoms with Crippen LogP contribution in [0.5, 0.6) is 5.75 Å². The van der Waals surface area contributed by atoms with Crippen LogP contribution < -0.4 is 10.5 Å². The summed E-state index contributed by atoms with van der Waals surface area (Å²) in [7, 11) is -3.42. The van der Waals surface area contributed by atoms with Crippen molar-refractivity contribution in [3.05, 3.63) is 24.3 Å². The fourth-order valence-electron chi connectivity index (χ4n) is 2.76. The molecule has 1 saturated heterocycles. The van der Waals surface area contributed by atoms with Gasteiger partial charge in [-0.1, -0.05) is 6.92 Å². The molecule has 1 fully saturated rings. The van der Waals surface area contributed by atoms with Gasteiger partial charge in [0.25, 0.3) is 0 Å². The molecular weight excluding hydrogens is 288 g/mol. The summed E-state index contributed by atoms with van der Waals surface area (Å²) in [4.78, 5) is 0.323. The van der Waals surface area contributed by atoms with E-state index in [1.54, 1.807) is 28.6 Å². The first kappa shape index (κ1) is 16.3. The van der Waals surface area contributed by atoms with Crippen molar-refractivity contribution in [2.24, 2.45) is 11.7 Å². The Morgan fingerprint density at radius 1 is 1.29 bits per heavy atom. The van der Waals surface area contributed by atoms with Gasteiger partial charge >= 0.3 is 0 Å². The lowest BCUT2D eigenvalue weighted by Crippen LogP contribution is -2.44. The minimum Gasteiger partial charge on any atom is -0.492 e. The van der Waals surface area contributed by atoms with Crippen molar-refractivity contribution in [3.8, 4) is 5.75 Å². The number of benzene rings is 1. The molecule has 21 heavy (non-hydrogen) atoms. The first-order chi connectivity index (χ1) is 9.95. The Kier molecular flexibility index (Phi) is 5.24. The first-order valence-corrected chi connectivity index (χ1v) is 8.84. The Bertz CT molecular complexity index is 557. The van der Waals surface area contributed by atoms with E-state index in [9.17, 15) is 8.42 Å². The normalized spacial score (nSPS) is 24.0. The van der Waals surface area contributed by atoms with Gasteiger partial charge in [-0.15, -0.1) is 0 Å². The quantitative estimate of drug-likeness (QED) is 0.900. The molecule has 0 aliphatic carbocycles. The Morgan fingerprint density at radius 2 is 1.95 bits per heavy atom. The number of piperidine rings is 1. The van der Waals surface area contributed by atoms with Gasteiger partial charge in [0.1, 0.15) is 12.4 Å². The second-order valence-electron chi connectivity index (χ2n) is 5.70. The van der Waals surface area contributed by atoms with Crippen LogP contribution in [0.1, 0.15) is 26.7 Å². The zero-order valence-electron chi connectivity index (χ0n) is 12.7. The summed E-state index contributed by atoms with van der Waals surface area (Å²) in [5.74, 6) is 1.22. The van der Waals surface area contributed by atoms with E-state index in [4.69, 9.17) is 10.5 Å². The summed E-state index contributed by atoms with van der Waals surface area (Å²) in [5.41, 5.74) is 5.37. The van der Waals surface area contributed by atoms with Crippen LogP contribution in [-0.4, -0.2) is 38.5 Å². The van der Waals surface area contributed by atoms with Crippen LogP contribution in [0.3, 0.4) is 0 Å². The van der Waals surface area contributed by atoms with Crippen LogP contribution in [0.4, 0.5) is 0 Å². The number of hydrogen-bond donors (Lipinski definition) is 1. The molecule has 118 valence electrons. The number of nitrogens with zero attached hydrogens (tertiary/aromatic N) is 1. The van der Waals surface area contributed by atoms with Gasteiger partial charge in [-0.05, 0) is 49.9 Å².